The standard InChI is InChI=1S/C20H17BrN4O5/c1-29-13-3-2-11-10-25(19(27)14(11)7-13)5-4-23-20(28)24-18(26)16-6-12-8-22-9-15(21)17(12)30-16/h2-3,6-9H,4-5,10H2,1H3,(H2,23,24,26,28). The first-order valence-corrected chi connectivity index (χ1v) is 9.84. The summed E-state index contributed by atoms with van der Waals surface area (Å²) in [7, 11) is 1.55. The van der Waals surface area contributed by atoms with Crippen LogP contribution in [0.5, 0.6) is 5.75 Å². The molecule has 0 aliphatic carbocycles. The number of halogens is 1. The van der Waals surface area contributed by atoms with Gasteiger partial charge in [0.2, 0.25) is 0 Å². The number of aromatic nitrogens is 1. The molecule has 30 heavy (non-hydrogen) atoms. The molecular formula is C20H17BrN4O5. The van der Waals surface area contributed by atoms with Crippen LogP contribution >= 0.6 is 15.9 Å². The van der Waals surface area contributed by atoms with E-state index in [2.05, 4.69) is 31.5 Å². The maximum absolute atomic E-state index is 12.5. The lowest BCUT2D eigenvalue weighted by Gasteiger charge is -2.15. The summed E-state index contributed by atoms with van der Waals surface area (Å²) in [5.41, 5.74) is 1.98. The molecule has 0 saturated heterocycles. The number of ether oxygens (including phenoxy) is 1. The van der Waals surface area contributed by atoms with Crippen molar-refractivity contribution in [1.29, 1.82) is 0 Å². The Morgan fingerprint density at radius 3 is 2.90 bits per heavy atom. The number of hydrogen-bond donors (Lipinski definition) is 2. The molecule has 0 bridgehead atoms. The Morgan fingerprint density at radius 2 is 2.13 bits per heavy atom. The molecule has 1 aliphatic heterocycles. The molecule has 2 N–H and O–H groups in total. The van der Waals surface area contributed by atoms with E-state index >= 15 is 0 Å². The molecule has 0 spiro atoms. The maximum atomic E-state index is 12.5. The summed E-state index contributed by atoms with van der Waals surface area (Å²) >= 11 is 3.29. The molecule has 3 aromatic rings. The van der Waals surface area contributed by atoms with Crippen molar-refractivity contribution in [3.63, 3.8) is 0 Å². The van der Waals surface area contributed by atoms with Gasteiger partial charge in [-0.1, -0.05) is 6.07 Å². The van der Waals surface area contributed by atoms with Crippen molar-refractivity contribution in [2.75, 3.05) is 20.2 Å². The fourth-order valence-corrected chi connectivity index (χ4v) is 3.63. The number of urea groups is 1. The minimum absolute atomic E-state index is 0.00651. The highest BCUT2D eigenvalue weighted by Crippen LogP contribution is 2.27. The molecule has 10 heteroatoms. The molecule has 0 fully saturated rings. The average molecular weight is 473 g/mol. The number of rotatable bonds is 5. The molecule has 3 heterocycles. The highest BCUT2D eigenvalue weighted by molar-refractivity contribution is 9.10. The first-order chi connectivity index (χ1) is 14.5. The first kappa shape index (κ1) is 19.9. The van der Waals surface area contributed by atoms with Crippen LogP contribution in [0.15, 0.2) is 45.5 Å². The minimum atomic E-state index is -0.677. The van der Waals surface area contributed by atoms with Crippen molar-refractivity contribution in [2.45, 2.75) is 6.54 Å². The zero-order chi connectivity index (χ0) is 21.3. The third-order valence-electron chi connectivity index (χ3n) is 4.69. The van der Waals surface area contributed by atoms with Gasteiger partial charge in [-0.15, -0.1) is 0 Å². The predicted molar refractivity (Wildman–Crippen MR) is 110 cm³/mol. The van der Waals surface area contributed by atoms with Gasteiger partial charge in [-0.3, -0.25) is 19.9 Å². The molecule has 0 unspecified atom stereocenters. The lowest BCUT2D eigenvalue weighted by molar-refractivity contribution is 0.0778. The second kappa shape index (κ2) is 8.15. The van der Waals surface area contributed by atoms with Crippen LogP contribution in [0.2, 0.25) is 0 Å². The normalized spacial score (nSPS) is 12.7. The Morgan fingerprint density at radius 1 is 1.30 bits per heavy atom. The number of imide groups is 1. The number of pyridine rings is 1. The molecule has 4 amide bonds. The van der Waals surface area contributed by atoms with Gasteiger partial charge in [0.05, 0.1) is 11.6 Å². The van der Waals surface area contributed by atoms with E-state index in [-0.39, 0.29) is 18.2 Å². The first-order valence-electron chi connectivity index (χ1n) is 9.04. The fourth-order valence-electron chi connectivity index (χ4n) is 3.20. The number of hydrogen-bond acceptors (Lipinski definition) is 6. The van der Waals surface area contributed by atoms with Crippen LogP contribution in [0.25, 0.3) is 11.0 Å². The lowest BCUT2D eigenvalue weighted by atomic mass is 10.1. The second-order valence-corrected chi connectivity index (χ2v) is 7.46. The van der Waals surface area contributed by atoms with Gasteiger partial charge in [0.1, 0.15) is 5.75 Å². The number of benzene rings is 1. The van der Waals surface area contributed by atoms with Crippen LogP contribution in [0.4, 0.5) is 4.79 Å². The van der Waals surface area contributed by atoms with Crippen LogP contribution in [0.1, 0.15) is 26.5 Å². The molecule has 1 aromatic carbocycles. The van der Waals surface area contributed by atoms with E-state index in [4.69, 9.17) is 9.15 Å². The quantitative estimate of drug-likeness (QED) is 0.589. The van der Waals surface area contributed by atoms with Gasteiger partial charge < -0.3 is 19.4 Å². The maximum Gasteiger partial charge on any atom is 0.321 e. The zero-order valence-electron chi connectivity index (χ0n) is 15.9. The number of methoxy groups -OCH3 is 1. The summed E-state index contributed by atoms with van der Waals surface area (Å²) in [6, 6.07) is 6.19. The Hall–Kier alpha value is -3.40. The summed E-state index contributed by atoms with van der Waals surface area (Å²) < 4.78 is 11.2. The van der Waals surface area contributed by atoms with Crippen molar-refractivity contribution in [1.82, 2.24) is 20.5 Å². The van der Waals surface area contributed by atoms with Gasteiger partial charge >= 0.3 is 6.03 Å². The number of furan rings is 1. The zero-order valence-corrected chi connectivity index (χ0v) is 17.5. The topological polar surface area (TPSA) is 114 Å². The third-order valence-corrected chi connectivity index (χ3v) is 5.26. The van der Waals surface area contributed by atoms with E-state index in [1.165, 1.54) is 6.07 Å². The monoisotopic (exact) mass is 472 g/mol. The Bertz CT molecular complexity index is 1160. The molecule has 4 rings (SSSR count). The van der Waals surface area contributed by atoms with Crippen molar-refractivity contribution in [2.24, 2.45) is 0 Å². The van der Waals surface area contributed by atoms with Crippen molar-refractivity contribution in [3.05, 3.63) is 58.0 Å². The Kier molecular flexibility index (Phi) is 5.40. The van der Waals surface area contributed by atoms with Gasteiger partial charge in [-0.05, 0) is 39.7 Å². The van der Waals surface area contributed by atoms with Crippen molar-refractivity contribution < 1.29 is 23.5 Å². The highest BCUT2D eigenvalue weighted by atomic mass is 79.9. The van der Waals surface area contributed by atoms with Gasteiger partial charge in [-0.25, -0.2) is 4.79 Å². The molecule has 0 atom stereocenters. The van der Waals surface area contributed by atoms with Crippen LogP contribution in [-0.2, 0) is 6.54 Å². The number of carbonyl (C=O) groups excluding carboxylic acids is 3. The molecule has 0 saturated carbocycles. The average Bonchev–Trinajstić information content (AvgIpc) is 3.30. The number of nitrogens with zero attached hydrogens (tertiary/aromatic N) is 2. The molecule has 0 radical (unpaired) electrons. The summed E-state index contributed by atoms with van der Waals surface area (Å²) in [4.78, 5) is 42.4. The van der Waals surface area contributed by atoms with Crippen LogP contribution in [0, 0.1) is 0 Å². The Balaban J connectivity index is 1.29. The van der Waals surface area contributed by atoms with E-state index in [9.17, 15) is 14.4 Å². The molecule has 9 nitrogen and oxygen atoms in total. The van der Waals surface area contributed by atoms with E-state index < -0.39 is 11.9 Å². The molecule has 1 aliphatic rings. The molecule has 154 valence electrons. The SMILES string of the molecule is COc1ccc2c(c1)C(=O)N(CCNC(=O)NC(=O)c1cc3cncc(Br)c3o1)C2. The molecule has 2 aromatic heterocycles. The van der Waals surface area contributed by atoms with Crippen LogP contribution in [0.3, 0.4) is 0 Å². The Labute approximate surface area is 179 Å². The van der Waals surface area contributed by atoms with E-state index in [0.29, 0.717) is 39.8 Å². The summed E-state index contributed by atoms with van der Waals surface area (Å²) in [5, 5.41) is 5.42. The van der Waals surface area contributed by atoms with Crippen molar-refractivity contribution in [3.8, 4) is 5.75 Å². The van der Waals surface area contributed by atoms with Gasteiger partial charge in [0.15, 0.2) is 11.3 Å². The fraction of sp³-hybridized carbons (Fsp3) is 0.200. The van der Waals surface area contributed by atoms with Gasteiger partial charge in [-0.2, -0.15) is 0 Å². The largest absolute Gasteiger partial charge is 0.497 e. The number of carbonyl (C=O) groups is 3. The van der Waals surface area contributed by atoms with E-state index in [0.717, 1.165) is 5.56 Å². The second-order valence-electron chi connectivity index (χ2n) is 6.61. The molecular weight excluding hydrogens is 456 g/mol. The smallest absolute Gasteiger partial charge is 0.321 e. The van der Waals surface area contributed by atoms with E-state index in [1.807, 2.05) is 6.07 Å². The van der Waals surface area contributed by atoms with Gasteiger partial charge in [0, 0.05) is 43.0 Å². The van der Waals surface area contributed by atoms with Crippen molar-refractivity contribution >= 4 is 44.7 Å². The number of nitrogens with one attached hydrogen (secondary N) is 2. The summed E-state index contributed by atoms with van der Waals surface area (Å²) in [5.74, 6) is -0.183. The highest BCUT2D eigenvalue weighted by Gasteiger charge is 2.27. The number of amides is 4. The predicted octanol–water partition coefficient (Wildman–Crippen LogP) is 2.69. The van der Waals surface area contributed by atoms with Crippen LogP contribution < -0.4 is 15.4 Å². The third kappa shape index (κ3) is 3.86. The minimum Gasteiger partial charge on any atom is -0.497 e. The number of fused-ring (bicyclic) bond motifs is 2. The summed E-state index contributed by atoms with van der Waals surface area (Å²) in [6.45, 7) is 0.953. The lowest BCUT2D eigenvalue weighted by Crippen LogP contribution is -2.42. The van der Waals surface area contributed by atoms with E-state index in [1.54, 1.807) is 36.5 Å². The van der Waals surface area contributed by atoms with Gasteiger partial charge in [0.25, 0.3) is 11.8 Å². The van der Waals surface area contributed by atoms with Crippen LogP contribution in [-0.4, -0.2) is 47.9 Å². The summed E-state index contributed by atoms with van der Waals surface area (Å²) in [6.07, 6.45) is 3.11.